The molecule has 0 aromatic heterocycles. The van der Waals surface area contributed by atoms with Crippen molar-refractivity contribution in [3.63, 3.8) is 0 Å². The summed E-state index contributed by atoms with van der Waals surface area (Å²) >= 11 is 0. The zero-order valence-corrected chi connectivity index (χ0v) is 18.0. The molecule has 2 saturated heterocycles. The number of nitrogens with one attached hydrogen (secondary N) is 1. The molecule has 0 radical (unpaired) electrons. The molecule has 1 aromatic carbocycles. The number of amides is 1. The van der Waals surface area contributed by atoms with E-state index >= 15 is 0 Å². The van der Waals surface area contributed by atoms with E-state index in [1.807, 2.05) is 30.3 Å². The Morgan fingerprint density at radius 2 is 1.52 bits per heavy atom. The second-order valence-corrected chi connectivity index (χ2v) is 8.04. The lowest BCUT2D eigenvalue weighted by molar-refractivity contribution is -0.345. The van der Waals surface area contributed by atoms with Gasteiger partial charge in [-0.2, -0.15) is 0 Å². The van der Waals surface area contributed by atoms with E-state index in [-0.39, 0.29) is 6.61 Å². The lowest BCUT2D eigenvalue weighted by Crippen LogP contribution is -2.68. The van der Waals surface area contributed by atoms with E-state index in [2.05, 4.69) is 5.32 Å². The first kappa shape index (κ1) is 25.9. The number of ether oxygens (including phenoxy) is 4. The van der Waals surface area contributed by atoms with E-state index in [1.165, 1.54) is 6.92 Å². The van der Waals surface area contributed by atoms with Gasteiger partial charge in [-0.3, -0.25) is 4.79 Å². The average molecular weight is 473 g/mol. The number of carbonyl (C=O) groups excluding carboxylic acids is 1. The van der Waals surface area contributed by atoms with E-state index in [9.17, 15) is 35.4 Å². The Labute approximate surface area is 190 Å². The predicted octanol–water partition coefficient (Wildman–Crippen LogP) is -3.03. The molecule has 186 valence electrons. The van der Waals surface area contributed by atoms with Crippen LogP contribution in [0.3, 0.4) is 0 Å². The largest absolute Gasteiger partial charge is 0.394 e. The predicted molar refractivity (Wildman–Crippen MR) is 109 cm³/mol. The third-order valence-corrected chi connectivity index (χ3v) is 5.62. The van der Waals surface area contributed by atoms with Gasteiger partial charge >= 0.3 is 0 Å². The molecular weight excluding hydrogens is 442 g/mol. The summed E-state index contributed by atoms with van der Waals surface area (Å²) in [5, 5.41) is 62.8. The van der Waals surface area contributed by atoms with Crippen molar-refractivity contribution < 1.29 is 54.4 Å². The van der Waals surface area contributed by atoms with Crippen LogP contribution in [0.1, 0.15) is 12.5 Å². The molecule has 33 heavy (non-hydrogen) atoms. The highest BCUT2D eigenvalue weighted by molar-refractivity contribution is 5.73. The van der Waals surface area contributed by atoms with Crippen molar-refractivity contribution in [2.24, 2.45) is 0 Å². The van der Waals surface area contributed by atoms with Gasteiger partial charge in [-0.1, -0.05) is 30.3 Å². The summed E-state index contributed by atoms with van der Waals surface area (Å²) in [5.41, 5.74) is 0.806. The number of hydrogen-bond donors (Lipinski definition) is 7. The monoisotopic (exact) mass is 473 g/mol. The summed E-state index contributed by atoms with van der Waals surface area (Å²) in [6.45, 7) is 0.0539. The first-order chi connectivity index (χ1) is 15.8. The number of aliphatic hydroxyl groups is 6. The van der Waals surface area contributed by atoms with Crippen molar-refractivity contribution in [3.05, 3.63) is 35.9 Å². The SMILES string of the molecule is CC(=O)NC1C(O[C@@H]2OC(CO)[C@H](O)C(O)C2O)[C@H](O)C(CO)O[C@H]1OCc1ccccc1. The van der Waals surface area contributed by atoms with E-state index in [4.69, 9.17) is 18.9 Å². The maximum absolute atomic E-state index is 11.9. The van der Waals surface area contributed by atoms with Gasteiger partial charge in [0.15, 0.2) is 12.6 Å². The van der Waals surface area contributed by atoms with Crippen LogP contribution >= 0.6 is 0 Å². The molecule has 2 aliphatic rings. The molecule has 10 atom stereocenters. The van der Waals surface area contributed by atoms with Crippen LogP contribution in [0, 0.1) is 0 Å². The Bertz CT molecular complexity index is 751. The quantitative estimate of drug-likeness (QED) is 0.203. The molecule has 0 spiro atoms. The van der Waals surface area contributed by atoms with Crippen molar-refractivity contribution in [1.82, 2.24) is 5.32 Å². The van der Waals surface area contributed by atoms with Crippen molar-refractivity contribution >= 4 is 5.91 Å². The third-order valence-electron chi connectivity index (χ3n) is 5.62. The summed E-state index contributed by atoms with van der Waals surface area (Å²) in [4.78, 5) is 11.9. The Morgan fingerprint density at radius 3 is 2.12 bits per heavy atom. The minimum atomic E-state index is -1.73. The molecular formula is C21H31NO11. The fourth-order valence-corrected chi connectivity index (χ4v) is 3.85. The lowest BCUT2D eigenvalue weighted by Gasteiger charge is -2.47. The van der Waals surface area contributed by atoms with E-state index < -0.39 is 80.5 Å². The average Bonchev–Trinajstić information content (AvgIpc) is 2.81. The second kappa shape index (κ2) is 11.6. The minimum Gasteiger partial charge on any atom is -0.394 e. The molecule has 0 saturated carbocycles. The van der Waals surface area contributed by atoms with Gasteiger partial charge in [-0.25, -0.2) is 0 Å². The fourth-order valence-electron chi connectivity index (χ4n) is 3.85. The Kier molecular flexibility index (Phi) is 9.12. The Hall–Kier alpha value is -1.71. The molecule has 12 heteroatoms. The van der Waals surface area contributed by atoms with Crippen LogP contribution in [-0.2, 0) is 30.3 Å². The van der Waals surface area contributed by atoms with E-state index in [1.54, 1.807) is 0 Å². The summed E-state index contributed by atoms with van der Waals surface area (Å²) < 4.78 is 22.6. The van der Waals surface area contributed by atoms with Crippen LogP contribution < -0.4 is 5.32 Å². The maximum atomic E-state index is 11.9. The summed E-state index contributed by atoms with van der Waals surface area (Å²) in [6.07, 6.45) is -13.0. The summed E-state index contributed by atoms with van der Waals surface area (Å²) in [7, 11) is 0. The van der Waals surface area contributed by atoms with Crippen molar-refractivity contribution in [3.8, 4) is 0 Å². The van der Waals surface area contributed by atoms with Gasteiger partial charge in [-0.15, -0.1) is 0 Å². The first-order valence-electron chi connectivity index (χ1n) is 10.6. The third kappa shape index (κ3) is 6.05. The van der Waals surface area contributed by atoms with Gasteiger partial charge < -0.3 is 54.9 Å². The van der Waals surface area contributed by atoms with Crippen LogP contribution in [-0.4, -0.2) is 111 Å². The molecule has 7 N–H and O–H groups in total. The molecule has 2 aliphatic heterocycles. The molecule has 6 unspecified atom stereocenters. The minimum absolute atomic E-state index is 0.0859. The van der Waals surface area contributed by atoms with E-state index in [0.717, 1.165) is 5.56 Å². The summed E-state index contributed by atoms with van der Waals surface area (Å²) in [6, 6.07) is 8.00. The van der Waals surface area contributed by atoms with Crippen LogP contribution in [0.2, 0.25) is 0 Å². The maximum Gasteiger partial charge on any atom is 0.217 e. The van der Waals surface area contributed by atoms with Crippen molar-refractivity contribution in [2.75, 3.05) is 13.2 Å². The molecule has 0 bridgehead atoms. The standard InChI is InChI=1S/C21H31NO11/c1-10(25)22-14-19(33-21-18(29)17(28)15(26)12(7-23)32-21)16(27)13(8-24)31-20(14)30-9-11-5-3-2-4-6-11/h2-6,12-21,23-24,26-29H,7-9H2,1H3,(H,22,25)/t12?,13?,14?,15-,16+,17?,18?,19?,20+,21-/m0/s1. The van der Waals surface area contributed by atoms with Crippen molar-refractivity contribution in [2.45, 2.75) is 74.9 Å². The van der Waals surface area contributed by atoms with Crippen molar-refractivity contribution in [1.29, 1.82) is 0 Å². The number of aliphatic hydroxyl groups excluding tert-OH is 6. The topological polar surface area (TPSA) is 187 Å². The number of rotatable bonds is 8. The number of hydrogen-bond acceptors (Lipinski definition) is 11. The zero-order valence-electron chi connectivity index (χ0n) is 18.0. The molecule has 2 fully saturated rings. The molecule has 1 aromatic rings. The van der Waals surface area contributed by atoms with Crippen LogP contribution in [0.25, 0.3) is 0 Å². The van der Waals surface area contributed by atoms with Gasteiger partial charge in [0.2, 0.25) is 5.91 Å². The van der Waals surface area contributed by atoms with Crippen LogP contribution in [0.5, 0.6) is 0 Å². The molecule has 2 heterocycles. The van der Waals surface area contributed by atoms with Gasteiger partial charge in [0.05, 0.1) is 19.8 Å². The highest BCUT2D eigenvalue weighted by Gasteiger charge is 2.51. The number of carbonyl (C=O) groups is 1. The van der Waals surface area contributed by atoms with Gasteiger partial charge in [-0.05, 0) is 5.56 Å². The second-order valence-electron chi connectivity index (χ2n) is 8.04. The van der Waals surface area contributed by atoms with Crippen LogP contribution in [0.15, 0.2) is 30.3 Å². The highest BCUT2D eigenvalue weighted by Crippen LogP contribution is 2.30. The van der Waals surface area contributed by atoms with Gasteiger partial charge in [0, 0.05) is 6.92 Å². The molecule has 3 rings (SSSR count). The molecule has 0 aliphatic carbocycles. The smallest absolute Gasteiger partial charge is 0.217 e. The molecule has 1 amide bonds. The lowest BCUT2D eigenvalue weighted by atomic mass is 9.95. The Morgan fingerprint density at radius 1 is 0.909 bits per heavy atom. The highest BCUT2D eigenvalue weighted by atomic mass is 16.7. The first-order valence-corrected chi connectivity index (χ1v) is 10.6. The zero-order chi connectivity index (χ0) is 24.1. The Balaban J connectivity index is 1.82. The normalized spacial score (nSPS) is 39.2. The molecule has 12 nitrogen and oxygen atoms in total. The fraction of sp³-hybridized carbons (Fsp3) is 0.667. The van der Waals surface area contributed by atoms with E-state index in [0.29, 0.717) is 0 Å². The van der Waals surface area contributed by atoms with Crippen LogP contribution in [0.4, 0.5) is 0 Å². The van der Waals surface area contributed by atoms with Gasteiger partial charge in [0.25, 0.3) is 0 Å². The number of benzene rings is 1. The summed E-state index contributed by atoms with van der Waals surface area (Å²) in [5.74, 6) is -0.492. The van der Waals surface area contributed by atoms with Gasteiger partial charge in [0.1, 0.15) is 48.8 Å².